The molecule has 0 saturated heterocycles. The number of nitrogens with one attached hydrogen (secondary N) is 2. The van der Waals surface area contributed by atoms with Crippen LogP contribution in [0.5, 0.6) is 0 Å². The number of anilines is 1. The molecule has 2 amide bonds. The maximum absolute atomic E-state index is 12.0. The van der Waals surface area contributed by atoms with Crippen LogP contribution < -0.4 is 10.7 Å². The van der Waals surface area contributed by atoms with Crippen molar-refractivity contribution in [2.75, 3.05) is 5.32 Å². The Kier molecular flexibility index (Phi) is 7.18. The summed E-state index contributed by atoms with van der Waals surface area (Å²) in [6, 6.07) is 10.8. The van der Waals surface area contributed by atoms with Crippen molar-refractivity contribution in [2.24, 2.45) is 5.10 Å². The van der Waals surface area contributed by atoms with E-state index in [0.717, 1.165) is 16.8 Å². The second-order valence-corrected chi connectivity index (χ2v) is 6.67. The molecule has 26 heavy (non-hydrogen) atoms. The lowest BCUT2D eigenvalue weighted by molar-refractivity contribution is -0.124. The van der Waals surface area contributed by atoms with E-state index in [2.05, 4.69) is 15.8 Å². The Morgan fingerprint density at radius 2 is 1.77 bits per heavy atom. The summed E-state index contributed by atoms with van der Waals surface area (Å²) < 4.78 is 0. The molecule has 0 aromatic heterocycles. The second-order valence-electron chi connectivity index (χ2n) is 5.83. The molecular weight excluding hydrogens is 373 g/mol. The number of carbonyl (C=O) groups is 2. The number of hydrogen-bond donors (Lipinski definition) is 2. The van der Waals surface area contributed by atoms with E-state index in [1.807, 2.05) is 32.0 Å². The molecule has 0 saturated carbocycles. The lowest BCUT2D eigenvalue weighted by Crippen LogP contribution is -2.21. The minimum absolute atomic E-state index is 0.0301. The van der Waals surface area contributed by atoms with Gasteiger partial charge in [0.1, 0.15) is 0 Å². The van der Waals surface area contributed by atoms with Crippen molar-refractivity contribution < 1.29 is 9.59 Å². The number of hydrogen-bond acceptors (Lipinski definition) is 3. The Hall–Kier alpha value is -2.37. The van der Waals surface area contributed by atoms with Crippen molar-refractivity contribution in [3.05, 3.63) is 63.1 Å². The van der Waals surface area contributed by atoms with Gasteiger partial charge in [0, 0.05) is 29.1 Å². The number of rotatable bonds is 6. The van der Waals surface area contributed by atoms with Crippen LogP contribution in [0, 0.1) is 13.8 Å². The van der Waals surface area contributed by atoms with Gasteiger partial charge in [0.15, 0.2) is 0 Å². The van der Waals surface area contributed by atoms with Crippen LogP contribution in [0.15, 0.2) is 41.5 Å². The van der Waals surface area contributed by atoms with Gasteiger partial charge in [0.2, 0.25) is 11.8 Å². The minimum atomic E-state index is -0.359. The quantitative estimate of drug-likeness (QED) is 0.562. The van der Waals surface area contributed by atoms with Crippen molar-refractivity contribution in [2.45, 2.75) is 26.7 Å². The molecule has 0 aliphatic heterocycles. The molecule has 0 unspecified atom stereocenters. The fraction of sp³-hybridized carbons (Fsp3) is 0.211. The maximum atomic E-state index is 12.0. The van der Waals surface area contributed by atoms with Gasteiger partial charge in [-0.2, -0.15) is 5.10 Å². The number of hydrazone groups is 1. The van der Waals surface area contributed by atoms with Crippen molar-refractivity contribution in [1.29, 1.82) is 0 Å². The Balaban J connectivity index is 1.80. The lowest BCUT2D eigenvalue weighted by Gasteiger charge is -2.09. The van der Waals surface area contributed by atoms with Crippen LogP contribution in [-0.4, -0.2) is 18.0 Å². The Morgan fingerprint density at radius 3 is 2.50 bits per heavy atom. The molecule has 136 valence electrons. The SMILES string of the molecule is Cc1ccc(C)c(NC(=O)CCC(=O)N/N=C/c2ccc(Cl)cc2Cl)c1. The third kappa shape index (κ3) is 6.17. The molecule has 2 aromatic rings. The average Bonchev–Trinajstić information content (AvgIpc) is 2.58. The topological polar surface area (TPSA) is 70.6 Å². The molecule has 0 atom stereocenters. The first-order chi connectivity index (χ1) is 12.3. The second kappa shape index (κ2) is 9.36. The highest BCUT2D eigenvalue weighted by Gasteiger charge is 2.08. The van der Waals surface area contributed by atoms with E-state index >= 15 is 0 Å². The number of benzene rings is 2. The van der Waals surface area contributed by atoms with Gasteiger partial charge in [-0.1, -0.05) is 41.4 Å². The fourth-order valence-corrected chi connectivity index (χ4v) is 2.60. The summed E-state index contributed by atoms with van der Waals surface area (Å²) in [7, 11) is 0. The lowest BCUT2D eigenvalue weighted by atomic mass is 10.1. The average molecular weight is 392 g/mol. The fourth-order valence-electron chi connectivity index (χ4n) is 2.15. The third-order valence-electron chi connectivity index (χ3n) is 3.60. The van der Waals surface area contributed by atoms with Crippen LogP contribution in [0.4, 0.5) is 5.69 Å². The van der Waals surface area contributed by atoms with Gasteiger partial charge in [-0.25, -0.2) is 5.43 Å². The van der Waals surface area contributed by atoms with Crippen molar-refractivity contribution >= 4 is 46.9 Å². The smallest absolute Gasteiger partial charge is 0.240 e. The molecule has 0 fully saturated rings. The molecule has 0 bridgehead atoms. The summed E-state index contributed by atoms with van der Waals surface area (Å²) in [6.45, 7) is 3.87. The van der Waals surface area contributed by atoms with Crippen LogP contribution in [-0.2, 0) is 9.59 Å². The number of halogens is 2. The third-order valence-corrected chi connectivity index (χ3v) is 4.16. The zero-order valence-electron chi connectivity index (χ0n) is 14.5. The van der Waals surface area contributed by atoms with E-state index in [0.29, 0.717) is 15.6 Å². The summed E-state index contributed by atoms with van der Waals surface area (Å²) in [5, 5.41) is 7.60. The van der Waals surface area contributed by atoms with Gasteiger partial charge >= 0.3 is 0 Å². The Labute approximate surface area is 162 Å². The first-order valence-corrected chi connectivity index (χ1v) is 8.75. The monoisotopic (exact) mass is 391 g/mol. The first-order valence-electron chi connectivity index (χ1n) is 7.99. The van der Waals surface area contributed by atoms with Crippen LogP contribution in [0.2, 0.25) is 10.0 Å². The van der Waals surface area contributed by atoms with Crippen molar-refractivity contribution in [1.82, 2.24) is 5.43 Å². The van der Waals surface area contributed by atoms with Crippen LogP contribution in [0.25, 0.3) is 0 Å². The predicted molar refractivity (Wildman–Crippen MR) is 106 cm³/mol. The zero-order chi connectivity index (χ0) is 19.1. The van der Waals surface area contributed by atoms with Gasteiger partial charge < -0.3 is 5.32 Å². The van der Waals surface area contributed by atoms with E-state index < -0.39 is 0 Å². The zero-order valence-corrected chi connectivity index (χ0v) is 16.0. The van der Waals surface area contributed by atoms with Crippen LogP contribution in [0.3, 0.4) is 0 Å². The molecule has 0 aliphatic rings. The maximum Gasteiger partial charge on any atom is 0.240 e. The van der Waals surface area contributed by atoms with Gasteiger partial charge in [0.25, 0.3) is 0 Å². The van der Waals surface area contributed by atoms with Gasteiger partial charge in [-0.15, -0.1) is 0 Å². The summed E-state index contributed by atoms with van der Waals surface area (Å²) in [4.78, 5) is 23.8. The van der Waals surface area contributed by atoms with Gasteiger partial charge in [0.05, 0.1) is 11.2 Å². The summed E-state index contributed by atoms with van der Waals surface area (Å²) in [5.41, 5.74) is 5.78. The molecular formula is C19H19Cl2N3O2. The summed E-state index contributed by atoms with van der Waals surface area (Å²) >= 11 is 11.8. The van der Waals surface area contributed by atoms with Crippen molar-refractivity contribution in [3.63, 3.8) is 0 Å². The Morgan fingerprint density at radius 1 is 1.04 bits per heavy atom. The van der Waals surface area contributed by atoms with E-state index in [1.165, 1.54) is 6.21 Å². The molecule has 0 aliphatic carbocycles. The Bertz CT molecular complexity index is 851. The number of carbonyl (C=O) groups excluding carboxylic acids is 2. The normalized spacial score (nSPS) is 10.8. The highest BCUT2D eigenvalue weighted by atomic mass is 35.5. The highest BCUT2D eigenvalue weighted by molar-refractivity contribution is 6.36. The van der Waals surface area contributed by atoms with Crippen LogP contribution >= 0.6 is 23.2 Å². The van der Waals surface area contributed by atoms with Crippen molar-refractivity contribution in [3.8, 4) is 0 Å². The molecule has 0 radical (unpaired) electrons. The number of aryl methyl sites for hydroxylation is 2. The molecule has 2 aromatic carbocycles. The summed E-state index contributed by atoms with van der Waals surface area (Å²) in [5.74, 6) is -0.582. The minimum Gasteiger partial charge on any atom is -0.326 e. The van der Waals surface area contributed by atoms with E-state index in [-0.39, 0.29) is 24.7 Å². The predicted octanol–water partition coefficient (Wildman–Crippen LogP) is 4.48. The number of nitrogens with zero attached hydrogens (tertiary/aromatic N) is 1. The molecule has 0 heterocycles. The first kappa shape index (κ1) is 19.9. The van der Waals surface area contributed by atoms with Gasteiger partial charge in [-0.05, 0) is 43.2 Å². The molecule has 0 spiro atoms. The number of amides is 2. The molecule has 2 N–H and O–H groups in total. The van der Waals surface area contributed by atoms with Gasteiger partial charge in [-0.3, -0.25) is 9.59 Å². The molecule has 5 nitrogen and oxygen atoms in total. The van der Waals surface area contributed by atoms with E-state index in [4.69, 9.17) is 23.2 Å². The summed E-state index contributed by atoms with van der Waals surface area (Å²) in [6.07, 6.45) is 1.52. The molecule has 7 heteroatoms. The van der Waals surface area contributed by atoms with E-state index in [1.54, 1.807) is 18.2 Å². The van der Waals surface area contributed by atoms with Crippen LogP contribution in [0.1, 0.15) is 29.5 Å². The molecule has 2 rings (SSSR count). The largest absolute Gasteiger partial charge is 0.326 e. The highest BCUT2D eigenvalue weighted by Crippen LogP contribution is 2.19. The van der Waals surface area contributed by atoms with E-state index in [9.17, 15) is 9.59 Å². The standard InChI is InChI=1S/C19H19Cl2N3O2/c1-12-3-4-13(2)17(9-12)23-18(25)7-8-19(26)24-22-11-14-5-6-15(20)10-16(14)21/h3-6,9-11H,7-8H2,1-2H3,(H,23,25)(H,24,26)/b22-11+.